The second-order valence-electron chi connectivity index (χ2n) is 3.86. The largest absolute Gasteiger partial charge is 0.347 e. The molecular formula is C14H10ClN3O. The zero-order valence-electron chi connectivity index (χ0n) is 9.93. The van der Waals surface area contributed by atoms with Crippen LogP contribution in [0.5, 0.6) is 0 Å². The molecule has 1 N–H and O–H groups in total. The van der Waals surface area contributed by atoms with Gasteiger partial charge < -0.3 is 5.32 Å². The summed E-state index contributed by atoms with van der Waals surface area (Å²) < 4.78 is 0. The van der Waals surface area contributed by atoms with Gasteiger partial charge in [-0.3, -0.25) is 4.79 Å². The van der Waals surface area contributed by atoms with Crippen LogP contribution in [0.25, 0.3) is 0 Å². The van der Waals surface area contributed by atoms with Crippen molar-refractivity contribution in [2.24, 2.45) is 0 Å². The fourth-order valence-corrected chi connectivity index (χ4v) is 1.65. The van der Waals surface area contributed by atoms with Crippen LogP contribution < -0.4 is 5.32 Å². The summed E-state index contributed by atoms with van der Waals surface area (Å²) in [4.78, 5) is 15.7. The Hall–Kier alpha value is -2.38. The molecule has 0 radical (unpaired) electrons. The van der Waals surface area contributed by atoms with E-state index in [0.29, 0.717) is 22.8 Å². The second kappa shape index (κ2) is 5.98. The number of nitrogens with zero attached hydrogens (tertiary/aromatic N) is 2. The summed E-state index contributed by atoms with van der Waals surface area (Å²) in [6.07, 6.45) is 1.42. The Kier molecular flexibility index (Phi) is 4.11. The van der Waals surface area contributed by atoms with Crippen LogP contribution in [-0.2, 0) is 6.54 Å². The van der Waals surface area contributed by atoms with Gasteiger partial charge in [-0.15, -0.1) is 0 Å². The van der Waals surface area contributed by atoms with Crippen LogP contribution in [0.3, 0.4) is 0 Å². The number of pyridine rings is 1. The molecule has 19 heavy (non-hydrogen) atoms. The smallest absolute Gasteiger partial charge is 0.270 e. The molecule has 5 heteroatoms. The predicted octanol–water partition coefficient (Wildman–Crippen LogP) is 2.54. The van der Waals surface area contributed by atoms with Gasteiger partial charge in [-0.25, -0.2) is 4.98 Å². The van der Waals surface area contributed by atoms with Crippen molar-refractivity contribution in [2.75, 3.05) is 0 Å². The molecule has 0 atom stereocenters. The van der Waals surface area contributed by atoms with Crippen molar-refractivity contribution in [1.82, 2.24) is 10.3 Å². The zero-order valence-corrected chi connectivity index (χ0v) is 10.7. The summed E-state index contributed by atoms with van der Waals surface area (Å²) in [5, 5.41) is 12.0. The lowest BCUT2D eigenvalue weighted by Crippen LogP contribution is -2.23. The minimum absolute atomic E-state index is 0.279. The lowest BCUT2D eigenvalue weighted by molar-refractivity contribution is 0.0946. The normalized spacial score (nSPS) is 9.68. The summed E-state index contributed by atoms with van der Waals surface area (Å²) in [6.45, 7) is 0.346. The van der Waals surface area contributed by atoms with Gasteiger partial charge in [0.25, 0.3) is 5.91 Å². The minimum Gasteiger partial charge on any atom is -0.347 e. The Bertz CT molecular complexity index is 632. The van der Waals surface area contributed by atoms with Crippen molar-refractivity contribution in [3.8, 4) is 6.07 Å². The van der Waals surface area contributed by atoms with E-state index in [-0.39, 0.29) is 5.91 Å². The van der Waals surface area contributed by atoms with Crippen LogP contribution in [0.1, 0.15) is 21.6 Å². The number of amides is 1. The quantitative estimate of drug-likeness (QED) is 0.933. The minimum atomic E-state index is -0.279. The maximum Gasteiger partial charge on any atom is 0.270 e. The molecule has 0 aliphatic heterocycles. The molecule has 2 rings (SSSR count). The van der Waals surface area contributed by atoms with E-state index in [1.54, 1.807) is 30.3 Å². The number of rotatable bonds is 3. The van der Waals surface area contributed by atoms with Crippen molar-refractivity contribution in [3.63, 3.8) is 0 Å². The summed E-state index contributed by atoms with van der Waals surface area (Å²) in [5.74, 6) is -0.279. The molecule has 1 amide bonds. The Labute approximate surface area is 115 Å². The highest BCUT2D eigenvalue weighted by Gasteiger charge is 2.06. The monoisotopic (exact) mass is 271 g/mol. The number of nitrogens with one attached hydrogen (secondary N) is 1. The third-order valence-electron chi connectivity index (χ3n) is 2.47. The van der Waals surface area contributed by atoms with Gasteiger partial charge in [0.2, 0.25) is 0 Å². The number of carbonyl (C=O) groups is 1. The molecule has 4 nitrogen and oxygen atoms in total. The summed E-state index contributed by atoms with van der Waals surface area (Å²) >= 11 is 5.70. The molecule has 1 aromatic heterocycles. The molecule has 0 saturated carbocycles. The Balaban J connectivity index is 2.00. The number of aromatic nitrogens is 1. The van der Waals surface area contributed by atoms with Gasteiger partial charge in [-0.1, -0.05) is 23.7 Å². The molecule has 0 bridgehead atoms. The van der Waals surface area contributed by atoms with Gasteiger partial charge in [0.05, 0.1) is 16.7 Å². The van der Waals surface area contributed by atoms with Gasteiger partial charge in [-0.05, 0) is 29.8 Å². The average molecular weight is 272 g/mol. The lowest BCUT2D eigenvalue weighted by atomic mass is 10.1. The van der Waals surface area contributed by atoms with Crippen molar-refractivity contribution in [2.45, 2.75) is 6.54 Å². The first kappa shape index (κ1) is 13.1. The zero-order chi connectivity index (χ0) is 13.7. The maximum atomic E-state index is 11.8. The number of carbonyl (C=O) groups excluding carboxylic acids is 1. The average Bonchev–Trinajstić information content (AvgIpc) is 2.46. The molecule has 0 aliphatic carbocycles. The third-order valence-corrected chi connectivity index (χ3v) is 2.69. The molecule has 2 aromatic rings. The van der Waals surface area contributed by atoms with E-state index in [0.717, 1.165) is 5.56 Å². The Morgan fingerprint density at radius 1 is 1.37 bits per heavy atom. The summed E-state index contributed by atoms with van der Waals surface area (Å²) in [5.41, 5.74) is 1.73. The third kappa shape index (κ3) is 3.54. The molecule has 0 unspecified atom stereocenters. The highest BCUT2D eigenvalue weighted by Crippen LogP contribution is 2.07. The SMILES string of the molecule is N#Cc1cccc(CNC(=O)c2ccc(Cl)cn2)c1. The highest BCUT2D eigenvalue weighted by molar-refractivity contribution is 6.30. The van der Waals surface area contributed by atoms with E-state index < -0.39 is 0 Å². The van der Waals surface area contributed by atoms with E-state index in [4.69, 9.17) is 16.9 Å². The first-order valence-electron chi connectivity index (χ1n) is 5.58. The molecule has 1 aromatic carbocycles. The predicted molar refractivity (Wildman–Crippen MR) is 71.6 cm³/mol. The van der Waals surface area contributed by atoms with E-state index >= 15 is 0 Å². The summed E-state index contributed by atoms with van der Waals surface area (Å²) in [7, 11) is 0. The Morgan fingerprint density at radius 3 is 2.89 bits per heavy atom. The fourth-order valence-electron chi connectivity index (χ4n) is 1.53. The number of hydrogen-bond donors (Lipinski definition) is 1. The van der Waals surface area contributed by atoms with Crippen molar-refractivity contribution < 1.29 is 4.79 Å². The van der Waals surface area contributed by atoms with E-state index in [9.17, 15) is 4.79 Å². The molecule has 94 valence electrons. The van der Waals surface area contributed by atoms with Crippen LogP contribution in [-0.4, -0.2) is 10.9 Å². The van der Waals surface area contributed by atoms with Gasteiger partial charge >= 0.3 is 0 Å². The van der Waals surface area contributed by atoms with Crippen LogP contribution in [0.4, 0.5) is 0 Å². The van der Waals surface area contributed by atoms with Crippen LogP contribution >= 0.6 is 11.6 Å². The van der Waals surface area contributed by atoms with Crippen molar-refractivity contribution in [3.05, 3.63) is 64.4 Å². The van der Waals surface area contributed by atoms with Crippen LogP contribution in [0.2, 0.25) is 5.02 Å². The van der Waals surface area contributed by atoms with Crippen molar-refractivity contribution >= 4 is 17.5 Å². The number of benzene rings is 1. The van der Waals surface area contributed by atoms with E-state index in [1.807, 2.05) is 6.07 Å². The highest BCUT2D eigenvalue weighted by atomic mass is 35.5. The van der Waals surface area contributed by atoms with Gasteiger partial charge in [0.1, 0.15) is 5.69 Å². The van der Waals surface area contributed by atoms with Crippen molar-refractivity contribution in [1.29, 1.82) is 5.26 Å². The van der Waals surface area contributed by atoms with Gasteiger partial charge in [-0.2, -0.15) is 5.26 Å². The topological polar surface area (TPSA) is 65.8 Å². The van der Waals surface area contributed by atoms with E-state index in [1.165, 1.54) is 6.20 Å². The molecule has 1 heterocycles. The number of hydrogen-bond acceptors (Lipinski definition) is 3. The lowest BCUT2D eigenvalue weighted by Gasteiger charge is -2.05. The molecular weight excluding hydrogens is 262 g/mol. The number of halogens is 1. The molecule has 0 fully saturated rings. The van der Waals surface area contributed by atoms with Gasteiger partial charge in [0, 0.05) is 12.7 Å². The first-order chi connectivity index (χ1) is 9.19. The molecule has 0 aliphatic rings. The van der Waals surface area contributed by atoms with Gasteiger partial charge in [0.15, 0.2) is 0 Å². The standard InChI is InChI=1S/C14H10ClN3O/c15-12-4-5-13(17-9-12)14(19)18-8-11-3-1-2-10(6-11)7-16/h1-6,9H,8H2,(H,18,19). The van der Waals surface area contributed by atoms with E-state index in [2.05, 4.69) is 16.4 Å². The van der Waals surface area contributed by atoms with Crippen LogP contribution in [0, 0.1) is 11.3 Å². The first-order valence-corrected chi connectivity index (χ1v) is 5.95. The molecule has 0 spiro atoms. The number of nitriles is 1. The summed E-state index contributed by atoms with van der Waals surface area (Å²) in [6, 6.07) is 12.3. The molecule has 0 saturated heterocycles. The second-order valence-corrected chi connectivity index (χ2v) is 4.29. The van der Waals surface area contributed by atoms with Crippen LogP contribution in [0.15, 0.2) is 42.6 Å². The Morgan fingerprint density at radius 2 is 2.21 bits per heavy atom. The fraction of sp³-hybridized carbons (Fsp3) is 0.0714. The maximum absolute atomic E-state index is 11.8.